The lowest BCUT2D eigenvalue weighted by Crippen LogP contribution is -1.99. The lowest BCUT2D eigenvalue weighted by atomic mass is 10.1. The van der Waals surface area contributed by atoms with Gasteiger partial charge in [0.1, 0.15) is 18.4 Å². The zero-order chi connectivity index (χ0) is 13.8. The van der Waals surface area contributed by atoms with Crippen molar-refractivity contribution in [1.29, 1.82) is 5.26 Å². The van der Waals surface area contributed by atoms with E-state index in [2.05, 4.69) is 6.07 Å². The number of nitriles is 1. The van der Waals surface area contributed by atoms with E-state index < -0.39 is 0 Å². The average molecular weight is 273 g/mol. The van der Waals surface area contributed by atoms with Crippen LogP contribution in [0.25, 0.3) is 0 Å². The number of hydrogen-bond donors (Lipinski definition) is 1. The summed E-state index contributed by atoms with van der Waals surface area (Å²) in [4.78, 5) is 0. The molecule has 0 aliphatic rings. The summed E-state index contributed by atoms with van der Waals surface area (Å²) in [6.45, 7) is 2.25. The molecule has 0 aliphatic carbocycles. The maximum Gasteiger partial charge on any atom is 0.121 e. The summed E-state index contributed by atoms with van der Waals surface area (Å²) in [6, 6.07) is 13.0. The lowest BCUT2D eigenvalue weighted by Gasteiger charge is -2.10. The number of aryl methyl sites for hydroxylation is 1. The second-order valence-electron chi connectivity index (χ2n) is 4.23. The molecule has 0 bridgehead atoms. The largest absolute Gasteiger partial charge is 0.489 e. The van der Waals surface area contributed by atoms with Crippen molar-refractivity contribution in [3.63, 3.8) is 0 Å². The van der Waals surface area contributed by atoms with E-state index in [0.717, 1.165) is 11.1 Å². The van der Waals surface area contributed by atoms with Gasteiger partial charge in [0.05, 0.1) is 11.3 Å². The van der Waals surface area contributed by atoms with Gasteiger partial charge in [-0.2, -0.15) is 5.26 Å². The van der Waals surface area contributed by atoms with E-state index in [1.165, 1.54) is 0 Å². The maximum absolute atomic E-state index is 8.99. The number of rotatable bonds is 3. The first-order valence-corrected chi connectivity index (χ1v) is 6.15. The molecular weight excluding hydrogens is 260 g/mol. The van der Waals surface area contributed by atoms with Gasteiger partial charge in [-0.05, 0) is 36.2 Å². The van der Waals surface area contributed by atoms with Crippen LogP contribution in [0.5, 0.6) is 5.75 Å². The Hall–Kier alpha value is -2.18. The van der Waals surface area contributed by atoms with Crippen LogP contribution >= 0.6 is 11.6 Å². The molecule has 2 N–H and O–H groups in total. The molecule has 2 aromatic carbocycles. The topological polar surface area (TPSA) is 59.0 Å². The van der Waals surface area contributed by atoms with Gasteiger partial charge in [-0.15, -0.1) is 0 Å². The van der Waals surface area contributed by atoms with Gasteiger partial charge in [0, 0.05) is 11.1 Å². The predicted molar refractivity (Wildman–Crippen MR) is 76.1 cm³/mol. The molecule has 19 heavy (non-hydrogen) atoms. The molecule has 3 nitrogen and oxygen atoms in total. The second kappa shape index (κ2) is 5.64. The third-order valence-corrected chi connectivity index (χ3v) is 3.01. The van der Waals surface area contributed by atoms with Gasteiger partial charge in [0.15, 0.2) is 0 Å². The summed E-state index contributed by atoms with van der Waals surface area (Å²) in [5, 5.41) is 9.66. The Morgan fingerprint density at radius 3 is 2.79 bits per heavy atom. The highest BCUT2D eigenvalue weighted by Crippen LogP contribution is 2.24. The van der Waals surface area contributed by atoms with Crippen molar-refractivity contribution in [3.05, 3.63) is 58.1 Å². The van der Waals surface area contributed by atoms with Gasteiger partial charge in [0.25, 0.3) is 0 Å². The SMILES string of the molecule is Cc1cc(OCc2cccc(Cl)c2)cc(C#N)c1N. The predicted octanol–water partition coefficient (Wildman–Crippen LogP) is 3.68. The van der Waals surface area contributed by atoms with Crippen molar-refractivity contribution >= 4 is 17.3 Å². The average Bonchev–Trinajstić information content (AvgIpc) is 2.40. The highest BCUT2D eigenvalue weighted by molar-refractivity contribution is 6.30. The van der Waals surface area contributed by atoms with E-state index >= 15 is 0 Å². The Balaban J connectivity index is 2.16. The Kier molecular flexibility index (Phi) is 3.94. The van der Waals surface area contributed by atoms with Crippen molar-refractivity contribution < 1.29 is 4.74 Å². The number of halogens is 1. The summed E-state index contributed by atoms with van der Waals surface area (Å²) in [7, 11) is 0. The Morgan fingerprint density at radius 2 is 2.11 bits per heavy atom. The van der Waals surface area contributed by atoms with E-state index in [1.807, 2.05) is 37.3 Å². The van der Waals surface area contributed by atoms with Crippen LogP contribution in [-0.2, 0) is 6.61 Å². The van der Waals surface area contributed by atoms with Gasteiger partial charge < -0.3 is 10.5 Å². The number of anilines is 1. The third kappa shape index (κ3) is 3.18. The number of nitrogen functional groups attached to an aromatic ring is 1. The van der Waals surface area contributed by atoms with Gasteiger partial charge in [-0.1, -0.05) is 23.7 Å². The number of nitrogens with two attached hydrogens (primary N) is 1. The Bertz CT molecular complexity index is 647. The minimum atomic E-state index is 0.398. The standard InChI is InChI=1S/C15H13ClN2O/c1-10-5-14(7-12(8-17)15(10)18)19-9-11-3-2-4-13(16)6-11/h2-7H,9,18H2,1H3. The monoisotopic (exact) mass is 272 g/mol. The van der Waals surface area contributed by atoms with Crippen LogP contribution < -0.4 is 10.5 Å². The summed E-state index contributed by atoms with van der Waals surface area (Å²) in [5.74, 6) is 0.628. The minimum absolute atomic E-state index is 0.398. The van der Waals surface area contributed by atoms with E-state index in [0.29, 0.717) is 28.6 Å². The molecule has 0 unspecified atom stereocenters. The molecule has 0 heterocycles. The van der Waals surface area contributed by atoms with E-state index in [1.54, 1.807) is 6.07 Å². The van der Waals surface area contributed by atoms with Crippen LogP contribution in [0.4, 0.5) is 5.69 Å². The molecule has 0 amide bonds. The fraction of sp³-hybridized carbons (Fsp3) is 0.133. The van der Waals surface area contributed by atoms with Crippen LogP contribution in [0, 0.1) is 18.3 Å². The first kappa shape index (κ1) is 13.3. The highest BCUT2D eigenvalue weighted by Gasteiger charge is 2.06. The summed E-state index contributed by atoms with van der Waals surface area (Å²) < 4.78 is 5.66. The van der Waals surface area contributed by atoms with Crippen LogP contribution in [0.15, 0.2) is 36.4 Å². The normalized spacial score (nSPS) is 9.95. The molecule has 0 fully saturated rings. The van der Waals surface area contributed by atoms with Crippen LogP contribution in [0.3, 0.4) is 0 Å². The van der Waals surface area contributed by atoms with Crippen molar-refractivity contribution in [3.8, 4) is 11.8 Å². The van der Waals surface area contributed by atoms with Crippen LogP contribution in [-0.4, -0.2) is 0 Å². The molecule has 0 saturated heterocycles. The Labute approximate surface area is 117 Å². The van der Waals surface area contributed by atoms with Gasteiger partial charge in [-0.3, -0.25) is 0 Å². The zero-order valence-electron chi connectivity index (χ0n) is 10.5. The molecule has 0 aliphatic heterocycles. The molecule has 96 valence electrons. The quantitative estimate of drug-likeness (QED) is 0.867. The number of hydrogen-bond acceptors (Lipinski definition) is 3. The van der Waals surface area contributed by atoms with E-state index in [9.17, 15) is 0 Å². The summed E-state index contributed by atoms with van der Waals surface area (Å²) in [5.41, 5.74) is 8.53. The van der Waals surface area contributed by atoms with Gasteiger partial charge >= 0.3 is 0 Å². The fourth-order valence-electron chi connectivity index (χ4n) is 1.73. The Morgan fingerprint density at radius 1 is 1.32 bits per heavy atom. The molecule has 0 spiro atoms. The molecule has 0 atom stereocenters. The molecular formula is C15H13ClN2O. The van der Waals surface area contributed by atoms with Crippen molar-refractivity contribution in [2.75, 3.05) is 5.73 Å². The minimum Gasteiger partial charge on any atom is -0.489 e. The first-order chi connectivity index (χ1) is 9.10. The highest BCUT2D eigenvalue weighted by atomic mass is 35.5. The number of ether oxygens (including phenoxy) is 1. The second-order valence-corrected chi connectivity index (χ2v) is 4.67. The first-order valence-electron chi connectivity index (χ1n) is 5.77. The summed E-state index contributed by atoms with van der Waals surface area (Å²) >= 11 is 5.91. The van der Waals surface area contributed by atoms with Crippen molar-refractivity contribution in [1.82, 2.24) is 0 Å². The molecule has 2 aromatic rings. The lowest BCUT2D eigenvalue weighted by molar-refractivity contribution is 0.306. The number of nitrogens with zero attached hydrogens (tertiary/aromatic N) is 1. The third-order valence-electron chi connectivity index (χ3n) is 2.78. The van der Waals surface area contributed by atoms with E-state index in [4.69, 9.17) is 27.3 Å². The zero-order valence-corrected chi connectivity index (χ0v) is 11.2. The fourth-order valence-corrected chi connectivity index (χ4v) is 1.95. The molecule has 0 aromatic heterocycles. The van der Waals surface area contributed by atoms with Gasteiger partial charge in [0.2, 0.25) is 0 Å². The number of benzene rings is 2. The summed E-state index contributed by atoms with van der Waals surface area (Å²) in [6.07, 6.45) is 0. The van der Waals surface area contributed by atoms with E-state index in [-0.39, 0.29) is 0 Å². The molecule has 0 saturated carbocycles. The molecule has 0 radical (unpaired) electrons. The molecule has 2 rings (SSSR count). The maximum atomic E-state index is 8.99. The molecule has 4 heteroatoms. The van der Waals surface area contributed by atoms with Crippen molar-refractivity contribution in [2.24, 2.45) is 0 Å². The van der Waals surface area contributed by atoms with Gasteiger partial charge in [-0.25, -0.2) is 0 Å². The van der Waals surface area contributed by atoms with Crippen LogP contribution in [0.1, 0.15) is 16.7 Å². The van der Waals surface area contributed by atoms with Crippen molar-refractivity contribution in [2.45, 2.75) is 13.5 Å². The van der Waals surface area contributed by atoms with Crippen LogP contribution in [0.2, 0.25) is 5.02 Å². The smallest absolute Gasteiger partial charge is 0.121 e.